The van der Waals surface area contributed by atoms with Crippen LogP contribution in [0.5, 0.6) is 0 Å². The van der Waals surface area contributed by atoms with E-state index in [1.54, 1.807) is 0 Å². The molecule has 0 bridgehead atoms. The Morgan fingerprint density at radius 2 is 1.92 bits per heavy atom. The maximum absolute atomic E-state index is 9.80. The van der Waals surface area contributed by atoms with Crippen molar-refractivity contribution in [3.63, 3.8) is 0 Å². The van der Waals surface area contributed by atoms with Crippen LogP contribution < -0.4 is 4.90 Å². The number of benzene rings is 1. The van der Waals surface area contributed by atoms with Crippen LogP contribution in [0, 0.1) is 18.3 Å². The molecule has 4 heteroatoms. The molecular formula is C21H22N4. The predicted octanol–water partition coefficient (Wildman–Crippen LogP) is 4.69. The molecule has 4 nitrogen and oxygen atoms in total. The Balaban J connectivity index is 2.21. The van der Waals surface area contributed by atoms with E-state index in [9.17, 15) is 5.26 Å². The van der Waals surface area contributed by atoms with E-state index in [0.29, 0.717) is 5.56 Å². The van der Waals surface area contributed by atoms with E-state index in [4.69, 9.17) is 4.98 Å². The standard InChI is InChI=1S/C21H22N4/c1-14(2)19-15(3)16(13-22)20-23-17-9-5-6-10-18(17)25(20)21(19)24-11-7-4-8-12-24/h5-6,9-10H,1,4,7-8,11-12H2,2-3H3. The molecule has 1 aromatic carbocycles. The molecule has 4 rings (SSSR count). The highest BCUT2D eigenvalue weighted by molar-refractivity contribution is 5.90. The lowest BCUT2D eigenvalue weighted by atomic mass is 9.98. The molecule has 0 radical (unpaired) electrons. The first-order chi connectivity index (χ1) is 12.1. The SMILES string of the molecule is C=C(C)c1c(C)c(C#N)c2nc3ccccc3n2c1N1CCCCC1. The number of anilines is 1. The van der Waals surface area contributed by atoms with Crippen molar-refractivity contribution in [2.45, 2.75) is 33.1 Å². The number of allylic oxidation sites excluding steroid dienone is 1. The molecule has 1 saturated heterocycles. The second kappa shape index (κ2) is 5.93. The Morgan fingerprint density at radius 3 is 2.60 bits per heavy atom. The molecule has 2 aromatic heterocycles. The molecule has 25 heavy (non-hydrogen) atoms. The summed E-state index contributed by atoms with van der Waals surface area (Å²) in [5.41, 5.74) is 6.45. The van der Waals surface area contributed by atoms with E-state index in [0.717, 1.165) is 52.3 Å². The molecule has 126 valence electrons. The largest absolute Gasteiger partial charge is 0.357 e. The van der Waals surface area contributed by atoms with Gasteiger partial charge in [-0.1, -0.05) is 18.7 Å². The van der Waals surface area contributed by atoms with Crippen molar-refractivity contribution >= 4 is 28.1 Å². The molecule has 3 aromatic rings. The van der Waals surface area contributed by atoms with Crippen LogP contribution in [-0.4, -0.2) is 22.5 Å². The number of hydrogen-bond acceptors (Lipinski definition) is 3. The summed E-state index contributed by atoms with van der Waals surface area (Å²) in [7, 11) is 0. The Kier molecular flexibility index (Phi) is 3.73. The van der Waals surface area contributed by atoms with Gasteiger partial charge in [0.25, 0.3) is 0 Å². The number of aromatic nitrogens is 2. The van der Waals surface area contributed by atoms with Crippen molar-refractivity contribution in [2.75, 3.05) is 18.0 Å². The van der Waals surface area contributed by atoms with E-state index in [-0.39, 0.29) is 0 Å². The first-order valence-electron chi connectivity index (χ1n) is 8.88. The maximum atomic E-state index is 9.80. The van der Waals surface area contributed by atoms with E-state index >= 15 is 0 Å². The first-order valence-corrected chi connectivity index (χ1v) is 8.88. The van der Waals surface area contributed by atoms with Gasteiger partial charge >= 0.3 is 0 Å². The predicted molar refractivity (Wildman–Crippen MR) is 103 cm³/mol. The van der Waals surface area contributed by atoms with Crippen LogP contribution in [0.1, 0.15) is 42.9 Å². The number of nitrogens with zero attached hydrogens (tertiary/aromatic N) is 4. The van der Waals surface area contributed by atoms with Gasteiger partial charge in [-0.3, -0.25) is 4.40 Å². The molecule has 0 unspecified atom stereocenters. The molecule has 0 saturated carbocycles. The molecule has 0 aliphatic carbocycles. The quantitative estimate of drug-likeness (QED) is 0.684. The van der Waals surface area contributed by atoms with Crippen LogP contribution >= 0.6 is 0 Å². The number of pyridine rings is 1. The minimum atomic E-state index is 0.648. The van der Waals surface area contributed by atoms with E-state index in [2.05, 4.69) is 28.0 Å². The molecule has 1 aliphatic rings. The van der Waals surface area contributed by atoms with Crippen molar-refractivity contribution in [3.05, 3.63) is 47.5 Å². The fourth-order valence-electron chi connectivity index (χ4n) is 4.03. The third-order valence-electron chi connectivity index (χ3n) is 5.16. The number of para-hydroxylation sites is 2. The lowest BCUT2D eigenvalue weighted by molar-refractivity contribution is 0.571. The van der Waals surface area contributed by atoms with Crippen LogP contribution in [-0.2, 0) is 0 Å². The molecule has 1 fully saturated rings. The third-order valence-corrected chi connectivity index (χ3v) is 5.16. The van der Waals surface area contributed by atoms with Gasteiger partial charge in [0.05, 0.1) is 16.6 Å². The summed E-state index contributed by atoms with van der Waals surface area (Å²) in [6.45, 7) is 10.3. The molecule has 3 heterocycles. The van der Waals surface area contributed by atoms with Crippen molar-refractivity contribution in [3.8, 4) is 6.07 Å². The summed E-state index contributed by atoms with van der Waals surface area (Å²) >= 11 is 0. The van der Waals surface area contributed by atoms with E-state index in [1.807, 2.05) is 32.0 Å². The highest BCUT2D eigenvalue weighted by atomic mass is 15.2. The Labute approximate surface area is 148 Å². The number of fused-ring (bicyclic) bond motifs is 3. The number of imidazole rings is 1. The minimum Gasteiger partial charge on any atom is -0.357 e. The molecule has 0 N–H and O–H groups in total. The molecular weight excluding hydrogens is 308 g/mol. The van der Waals surface area contributed by atoms with Crippen molar-refractivity contribution in [2.24, 2.45) is 0 Å². The first kappa shape index (κ1) is 15.7. The highest BCUT2D eigenvalue weighted by Gasteiger charge is 2.25. The molecule has 0 amide bonds. The normalized spacial score (nSPS) is 14.8. The average molecular weight is 330 g/mol. The summed E-state index contributed by atoms with van der Waals surface area (Å²) in [4.78, 5) is 7.23. The fourth-order valence-corrected chi connectivity index (χ4v) is 4.03. The van der Waals surface area contributed by atoms with Gasteiger partial charge in [0.1, 0.15) is 11.9 Å². The van der Waals surface area contributed by atoms with E-state index in [1.165, 1.54) is 19.3 Å². The van der Waals surface area contributed by atoms with Gasteiger partial charge in [-0.15, -0.1) is 0 Å². The zero-order chi connectivity index (χ0) is 17.6. The zero-order valence-electron chi connectivity index (χ0n) is 14.8. The summed E-state index contributed by atoms with van der Waals surface area (Å²) in [6.07, 6.45) is 3.67. The lowest BCUT2D eigenvalue weighted by Crippen LogP contribution is -2.32. The third kappa shape index (κ3) is 2.31. The van der Waals surface area contributed by atoms with Gasteiger partial charge in [0.15, 0.2) is 5.65 Å². The number of rotatable bonds is 2. The number of nitriles is 1. The van der Waals surface area contributed by atoms with Gasteiger partial charge in [0.2, 0.25) is 0 Å². The monoisotopic (exact) mass is 330 g/mol. The van der Waals surface area contributed by atoms with Crippen LogP contribution in [0.4, 0.5) is 5.82 Å². The van der Waals surface area contributed by atoms with Gasteiger partial charge < -0.3 is 4.90 Å². The summed E-state index contributed by atoms with van der Waals surface area (Å²) in [5, 5.41) is 9.80. The van der Waals surface area contributed by atoms with E-state index < -0.39 is 0 Å². The minimum absolute atomic E-state index is 0.648. The van der Waals surface area contributed by atoms with Gasteiger partial charge in [-0.05, 0) is 56.4 Å². The second-order valence-corrected chi connectivity index (χ2v) is 6.90. The van der Waals surface area contributed by atoms with Crippen LogP contribution in [0.25, 0.3) is 22.3 Å². The van der Waals surface area contributed by atoms with Crippen LogP contribution in [0.15, 0.2) is 30.8 Å². The van der Waals surface area contributed by atoms with Crippen molar-refractivity contribution in [1.82, 2.24) is 9.38 Å². The molecule has 0 spiro atoms. The molecule has 1 aliphatic heterocycles. The smallest absolute Gasteiger partial charge is 0.157 e. The van der Waals surface area contributed by atoms with Gasteiger partial charge in [-0.25, -0.2) is 4.98 Å². The summed E-state index contributed by atoms with van der Waals surface area (Å²) < 4.78 is 2.18. The Hall–Kier alpha value is -2.80. The Bertz CT molecular complexity index is 1030. The summed E-state index contributed by atoms with van der Waals surface area (Å²) in [6, 6.07) is 10.5. The van der Waals surface area contributed by atoms with Crippen LogP contribution in [0.3, 0.4) is 0 Å². The topological polar surface area (TPSA) is 44.3 Å². The number of hydrogen-bond donors (Lipinski definition) is 0. The highest BCUT2D eigenvalue weighted by Crippen LogP contribution is 2.37. The zero-order valence-corrected chi connectivity index (χ0v) is 14.8. The van der Waals surface area contributed by atoms with Crippen molar-refractivity contribution < 1.29 is 0 Å². The fraction of sp³-hybridized carbons (Fsp3) is 0.333. The van der Waals surface area contributed by atoms with Crippen molar-refractivity contribution in [1.29, 1.82) is 5.26 Å². The number of piperidine rings is 1. The molecule has 0 atom stereocenters. The maximum Gasteiger partial charge on any atom is 0.157 e. The lowest BCUT2D eigenvalue weighted by Gasteiger charge is -2.32. The van der Waals surface area contributed by atoms with Gasteiger partial charge in [-0.2, -0.15) is 5.26 Å². The summed E-state index contributed by atoms with van der Waals surface area (Å²) in [5.74, 6) is 1.15. The van der Waals surface area contributed by atoms with Crippen LogP contribution in [0.2, 0.25) is 0 Å². The Morgan fingerprint density at radius 1 is 1.20 bits per heavy atom. The van der Waals surface area contributed by atoms with Gasteiger partial charge in [0, 0.05) is 18.7 Å². The second-order valence-electron chi connectivity index (χ2n) is 6.90. The average Bonchev–Trinajstić information content (AvgIpc) is 3.00.